The van der Waals surface area contributed by atoms with Crippen LogP contribution in [0.15, 0.2) is 53.9 Å². The topological polar surface area (TPSA) is 72.4 Å². The molecule has 128 valence electrons. The molecular weight excluding hydrogens is 316 g/mol. The van der Waals surface area contributed by atoms with E-state index in [0.717, 1.165) is 28.0 Å². The Labute approximate surface area is 146 Å². The minimum absolute atomic E-state index is 0.414. The molecule has 0 saturated carbocycles. The maximum atomic E-state index is 6.05. The van der Waals surface area contributed by atoms with Gasteiger partial charge in [-0.1, -0.05) is 41.6 Å². The Bertz CT molecular complexity index is 873. The zero-order valence-electron chi connectivity index (χ0n) is 14.5. The van der Waals surface area contributed by atoms with Crippen LogP contribution in [0, 0.1) is 13.8 Å². The smallest absolute Gasteiger partial charge is 0.178 e. The van der Waals surface area contributed by atoms with Crippen LogP contribution in [0.4, 0.5) is 0 Å². The van der Waals surface area contributed by atoms with E-state index in [1.54, 1.807) is 0 Å². The Morgan fingerprint density at radius 2 is 2.00 bits per heavy atom. The van der Waals surface area contributed by atoms with Crippen LogP contribution in [0.2, 0.25) is 0 Å². The molecule has 6 nitrogen and oxygen atoms in total. The molecule has 1 heterocycles. The zero-order valence-corrected chi connectivity index (χ0v) is 14.5. The summed E-state index contributed by atoms with van der Waals surface area (Å²) in [6, 6.07) is 14.0. The van der Waals surface area contributed by atoms with E-state index in [9.17, 15) is 0 Å². The van der Waals surface area contributed by atoms with E-state index in [4.69, 9.17) is 9.57 Å². The van der Waals surface area contributed by atoms with Crippen molar-refractivity contribution in [3.63, 3.8) is 0 Å². The first-order chi connectivity index (χ1) is 12.2. The van der Waals surface area contributed by atoms with E-state index >= 15 is 0 Å². The number of H-pyrrole nitrogens is 1. The highest BCUT2D eigenvalue weighted by molar-refractivity contribution is 6.11. The van der Waals surface area contributed by atoms with Gasteiger partial charge in [0.1, 0.15) is 25.8 Å². The molecule has 0 spiro atoms. The van der Waals surface area contributed by atoms with Crippen LogP contribution in [0.1, 0.15) is 28.1 Å². The van der Waals surface area contributed by atoms with Gasteiger partial charge in [0.05, 0.1) is 0 Å². The second-order valence-electron chi connectivity index (χ2n) is 5.67. The van der Waals surface area contributed by atoms with Gasteiger partial charge in [-0.25, -0.2) is 4.98 Å². The fourth-order valence-corrected chi connectivity index (χ4v) is 2.53. The van der Waals surface area contributed by atoms with E-state index in [-0.39, 0.29) is 0 Å². The van der Waals surface area contributed by atoms with Gasteiger partial charge in [0, 0.05) is 5.56 Å². The first kappa shape index (κ1) is 16.7. The third kappa shape index (κ3) is 3.85. The highest BCUT2D eigenvalue weighted by Crippen LogP contribution is 2.22. The summed E-state index contributed by atoms with van der Waals surface area (Å²) in [5.74, 6) is 1.42. The average Bonchev–Trinajstić information content (AvgIpc) is 3.15. The number of benzene rings is 2. The van der Waals surface area contributed by atoms with Gasteiger partial charge in [-0.3, -0.25) is 5.10 Å². The highest BCUT2D eigenvalue weighted by atomic mass is 16.6. The minimum Gasteiger partial charge on any atom is -0.489 e. The van der Waals surface area contributed by atoms with Crippen molar-refractivity contribution in [1.82, 2.24) is 15.2 Å². The fraction of sp³-hybridized carbons (Fsp3) is 0.211. The van der Waals surface area contributed by atoms with Crippen molar-refractivity contribution in [2.24, 2.45) is 5.16 Å². The number of aryl methyl sites for hydroxylation is 2. The third-order valence-corrected chi connectivity index (χ3v) is 3.82. The number of oxime groups is 1. The molecule has 25 heavy (non-hydrogen) atoms. The summed E-state index contributed by atoms with van der Waals surface area (Å²) in [5.41, 5.74) is 4.71. The molecule has 0 aliphatic heterocycles. The highest BCUT2D eigenvalue weighted by Gasteiger charge is 2.15. The summed E-state index contributed by atoms with van der Waals surface area (Å²) in [7, 11) is 1.51. The van der Waals surface area contributed by atoms with Gasteiger partial charge in [0.25, 0.3) is 0 Å². The van der Waals surface area contributed by atoms with E-state index in [2.05, 4.69) is 32.5 Å². The van der Waals surface area contributed by atoms with Crippen molar-refractivity contribution in [3.05, 3.63) is 76.9 Å². The van der Waals surface area contributed by atoms with Crippen molar-refractivity contribution in [3.8, 4) is 5.75 Å². The van der Waals surface area contributed by atoms with Gasteiger partial charge < -0.3 is 9.57 Å². The molecule has 0 amide bonds. The predicted molar refractivity (Wildman–Crippen MR) is 95.7 cm³/mol. The lowest BCUT2D eigenvalue weighted by atomic mass is 10.0. The maximum Gasteiger partial charge on any atom is 0.178 e. The van der Waals surface area contributed by atoms with Crippen molar-refractivity contribution in [2.75, 3.05) is 7.11 Å². The number of nitrogens with zero attached hydrogens (tertiary/aromatic N) is 3. The van der Waals surface area contributed by atoms with Crippen LogP contribution in [0.25, 0.3) is 0 Å². The second-order valence-corrected chi connectivity index (χ2v) is 5.67. The molecule has 1 N–H and O–H groups in total. The summed E-state index contributed by atoms with van der Waals surface area (Å²) in [4.78, 5) is 9.17. The molecule has 0 unspecified atom stereocenters. The number of hydrogen-bond acceptors (Lipinski definition) is 5. The summed E-state index contributed by atoms with van der Waals surface area (Å²) < 4.78 is 6.05. The zero-order chi connectivity index (χ0) is 17.6. The van der Waals surface area contributed by atoms with Gasteiger partial charge in [0.15, 0.2) is 11.5 Å². The van der Waals surface area contributed by atoms with Crippen LogP contribution in [0.5, 0.6) is 5.75 Å². The molecule has 0 bridgehead atoms. The summed E-state index contributed by atoms with van der Waals surface area (Å²) in [5, 5.41) is 10.8. The van der Waals surface area contributed by atoms with Crippen LogP contribution < -0.4 is 4.74 Å². The standard InChI is InChI=1S/C19H20N4O2/c1-13-8-9-14(2)17(10-13)25-11-15-6-4-5-7-16(15)18(23-24-3)19-20-12-21-22-19/h4-10,12H,11H2,1-3H3,(H,20,21,22)/b23-18-. The number of rotatable bonds is 6. The average molecular weight is 336 g/mol. The van der Waals surface area contributed by atoms with Crippen molar-refractivity contribution in [1.29, 1.82) is 0 Å². The first-order valence-corrected chi connectivity index (χ1v) is 7.94. The SMILES string of the molecule is CO/N=C(\c1ncn[nH]1)c1ccccc1COc1cc(C)ccc1C. The third-order valence-electron chi connectivity index (χ3n) is 3.82. The van der Waals surface area contributed by atoms with Crippen LogP contribution >= 0.6 is 0 Å². The first-order valence-electron chi connectivity index (χ1n) is 7.94. The Kier molecular flexibility index (Phi) is 5.09. The Balaban J connectivity index is 1.90. The lowest BCUT2D eigenvalue weighted by Gasteiger charge is -2.13. The van der Waals surface area contributed by atoms with Gasteiger partial charge in [-0.15, -0.1) is 0 Å². The molecule has 3 aromatic rings. The molecule has 1 aromatic heterocycles. The van der Waals surface area contributed by atoms with Gasteiger partial charge in [-0.2, -0.15) is 5.10 Å². The Hall–Kier alpha value is -3.15. The summed E-state index contributed by atoms with van der Waals surface area (Å²) in [6.07, 6.45) is 1.44. The molecule has 2 aromatic carbocycles. The normalized spacial score (nSPS) is 11.4. The Morgan fingerprint density at radius 3 is 2.76 bits per heavy atom. The predicted octanol–water partition coefficient (Wildman–Crippen LogP) is 3.40. The van der Waals surface area contributed by atoms with Gasteiger partial charge >= 0.3 is 0 Å². The minimum atomic E-state index is 0.414. The van der Waals surface area contributed by atoms with Crippen molar-refractivity contribution < 1.29 is 9.57 Å². The van der Waals surface area contributed by atoms with E-state index in [0.29, 0.717) is 18.1 Å². The molecule has 0 saturated heterocycles. The number of aromatic amines is 1. The molecule has 0 radical (unpaired) electrons. The van der Waals surface area contributed by atoms with Gasteiger partial charge in [-0.05, 0) is 36.6 Å². The largest absolute Gasteiger partial charge is 0.489 e. The maximum absolute atomic E-state index is 6.05. The second kappa shape index (κ2) is 7.61. The Morgan fingerprint density at radius 1 is 1.16 bits per heavy atom. The van der Waals surface area contributed by atoms with Crippen LogP contribution in [0.3, 0.4) is 0 Å². The fourth-order valence-electron chi connectivity index (χ4n) is 2.53. The van der Waals surface area contributed by atoms with E-state index in [1.165, 1.54) is 13.4 Å². The summed E-state index contributed by atoms with van der Waals surface area (Å²) >= 11 is 0. The quantitative estimate of drug-likeness (QED) is 0.553. The van der Waals surface area contributed by atoms with Crippen LogP contribution in [-0.2, 0) is 11.4 Å². The van der Waals surface area contributed by atoms with Crippen molar-refractivity contribution in [2.45, 2.75) is 20.5 Å². The summed E-state index contributed by atoms with van der Waals surface area (Å²) in [6.45, 7) is 4.50. The molecule has 0 aliphatic rings. The van der Waals surface area contributed by atoms with E-state index < -0.39 is 0 Å². The number of ether oxygens (including phenoxy) is 1. The molecule has 0 atom stereocenters. The number of hydrogen-bond donors (Lipinski definition) is 1. The van der Waals surface area contributed by atoms with Gasteiger partial charge in [0.2, 0.25) is 0 Å². The lowest BCUT2D eigenvalue weighted by Crippen LogP contribution is -2.11. The van der Waals surface area contributed by atoms with E-state index in [1.807, 2.05) is 44.2 Å². The number of aromatic nitrogens is 3. The van der Waals surface area contributed by atoms with Crippen molar-refractivity contribution >= 4 is 5.71 Å². The number of nitrogens with one attached hydrogen (secondary N) is 1. The molecule has 3 rings (SSSR count). The molecule has 6 heteroatoms. The van der Waals surface area contributed by atoms with Crippen LogP contribution in [-0.4, -0.2) is 28.0 Å². The molecule has 0 fully saturated rings. The lowest BCUT2D eigenvalue weighted by molar-refractivity contribution is 0.213. The molecular formula is C19H20N4O2. The molecule has 0 aliphatic carbocycles. The monoisotopic (exact) mass is 336 g/mol.